The quantitative estimate of drug-likeness (QED) is 0.156. The van der Waals surface area contributed by atoms with Crippen molar-refractivity contribution in [1.82, 2.24) is 0 Å². The molecule has 3 rings (SSSR count). The highest BCUT2D eigenvalue weighted by molar-refractivity contribution is 14.1. The predicted octanol–water partition coefficient (Wildman–Crippen LogP) is 5.44. The molecule has 2 aromatic carbocycles. The number of nitrogens with zero attached hydrogens (tertiary/aromatic N) is 1. The van der Waals surface area contributed by atoms with Gasteiger partial charge in [-0.25, -0.2) is 0 Å². The molecule has 0 bridgehead atoms. The number of methoxy groups -OCH3 is 1. The summed E-state index contributed by atoms with van der Waals surface area (Å²) in [6, 6.07) is 11.5. The Labute approximate surface area is 197 Å². The Kier molecular flexibility index (Phi) is 7.51. The Morgan fingerprint density at radius 2 is 2.17 bits per heavy atom. The van der Waals surface area contributed by atoms with Gasteiger partial charge in [0.15, 0.2) is 15.8 Å². The highest BCUT2D eigenvalue weighted by Gasteiger charge is 2.33. The maximum absolute atomic E-state index is 13.0. The number of carbonyl (C=O) groups is 1. The third kappa shape index (κ3) is 4.91. The fraction of sp³-hybridized carbons (Fsp3) is 0.143. The number of terminal acetylenes is 1. The van der Waals surface area contributed by atoms with Crippen molar-refractivity contribution in [3.8, 4) is 23.8 Å². The molecule has 1 aliphatic rings. The lowest BCUT2D eigenvalue weighted by molar-refractivity contribution is -0.113. The second-order valence-corrected chi connectivity index (χ2v) is 9.46. The lowest BCUT2D eigenvalue weighted by atomic mass is 10.1. The molecule has 0 spiro atoms. The van der Waals surface area contributed by atoms with E-state index in [0.717, 1.165) is 19.7 Å². The van der Waals surface area contributed by atoms with Crippen LogP contribution in [0.4, 0.5) is 5.69 Å². The summed E-state index contributed by atoms with van der Waals surface area (Å²) in [5.74, 6) is 3.45. The van der Waals surface area contributed by atoms with Crippen molar-refractivity contribution in [3.63, 3.8) is 0 Å². The monoisotopic (exact) mass is 553 g/mol. The van der Waals surface area contributed by atoms with E-state index in [9.17, 15) is 4.79 Å². The first-order valence-electron chi connectivity index (χ1n) is 8.34. The molecule has 1 saturated heterocycles. The average molecular weight is 553 g/mol. The third-order valence-corrected chi connectivity index (χ3v) is 6.78. The van der Waals surface area contributed by atoms with Crippen LogP contribution in [0.1, 0.15) is 5.56 Å². The number of thiocarbonyl (C=S) groups is 1. The van der Waals surface area contributed by atoms with Gasteiger partial charge in [-0.2, -0.15) is 0 Å². The Balaban J connectivity index is 1.93. The third-order valence-electron chi connectivity index (χ3n) is 3.95. The van der Waals surface area contributed by atoms with E-state index in [2.05, 4.69) is 28.5 Å². The zero-order valence-corrected chi connectivity index (χ0v) is 20.2. The minimum atomic E-state index is -0.139. The van der Waals surface area contributed by atoms with E-state index in [-0.39, 0.29) is 12.5 Å². The maximum atomic E-state index is 13.0. The molecule has 0 radical (unpaired) electrons. The number of hydrogen-bond acceptors (Lipinski definition) is 6. The van der Waals surface area contributed by atoms with Crippen LogP contribution in [0.2, 0.25) is 0 Å². The first-order chi connectivity index (χ1) is 14.0. The van der Waals surface area contributed by atoms with Crippen molar-refractivity contribution in [2.75, 3.05) is 24.9 Å². The van der Waals surface area contributed by atoms with Gasteiger partial charge in [-0.05, 0) is 70.8 Å². The Hall–Kier alpha value is -1.67. The van der Waals surface area contributed by atoms with E-state index in [1.54, 1.807) is 23.8 Å². The fourth-order valence-corrected chi connectivity index (χ4v) is 5.20. The number of halogens is 1. The SMILES string of the molecule is C#CCOc1c(I)cc(/C=C2/SC(=S)N(c3cccc(SC)c3)C2=O)cc1OC. The van der Waals surface area contributed by atoms with Crippen LogP contribution in [0.3, 0.4) is 0 Å². The molecule has 4 nitrogen and oxygen atoms in total. The smallest absolute Gasteiger partial charge is 0.270 e. The Morgan fingerprint density at radius 3 is 2.86 bits per heavy atom. The lowest BCUT2D eigenvalue weighted by Gasteiger charge is -2.15. The predicted molar refractivity (Wildman–Crippen MR) is 134 cm³/mol. The van der Waals surface area contributed by atoms with E-state index in [1.165, 1.54) is 11.8 Å². The van der Waals surface area contributed by atoms with Gasteiger partial charge in [-0.15, -0.1) is 18.2 Å². The lowest BCUT2D eigenvalue weighted by Crippen LogP contribution is -2.27. The van der Waals surface area contributed by atoms with Gasteiger partial charge in [0, 0.05) is 4.90 Å². The minimum absolute atomic E-state index is 0.139. The summed E-state index contributed by atoms with van der Waals surface area (Å²) in [6.07, 6.45) is 9.09. The highest BCUT2D eigenvalue weighted by Crippen LogP contribution is 2.39. The van der Waals surface area contributed by atoms with Crippen LogP contribution in [0, 0.1) is 15.9 Å². The summed E-state index contributed by atoms with van der Waals surface area (Å²) in [4.78, 5) is 16.2. The standard InChI is InChI=1S/C21H16INO3S3/c1-4-8-26-19-16(22)9-13(10-17(19)25-2)11-18-20(24)23(21(27)29-18)14-6-5-7-15(12-14)28-3/h1,5-7,9-12H,8H2,2-3H3/b18-11+. The Bertz CT molecular complexity index is 1050. The van der Waals surface area contributed by atoms with Crippen molar-refractivity contribution in [3.05, 3.63) is 50.4 Å². The summed E-state index contributed by atoms with van der Waals surface area (Å²) in [5.41, 5.74) is 1.59. The molecule has 148 valence electrons. The number of amides is 1. The van der Waals surface area contributed by atoms with Gasteiger partial charge < -0.3 is 9.47 Å². The van der Waals surface area contributed by atoms with Crippen LogP contribution in [0.25, 0.3) is 6.08 Å². The van der Waals surface area contributed by atoms with E-state index < -0.39 is 0 Å². The summed E-state index contributed by atoms with van der Waals surface area (Å²) in [5, 5.41) is 0. The number of ether oxygens (including phenoxy) is 2. The normalized spacial score (nSPS) is 15.0. The summed E-state index contributed by atoms with van der Waals surface area (Å²) in [7, 11) is 1.57. The van der Waals surface area contributed by atoms with Crippen LogP contribution in [-0.4, -0.2) is 30.2 Å². The first kappa shape index (κ1) is 22.0. The zero-order valence-electron chi connectivity index (χ0n) is 15.6. The summed E-state index contributed by atoms with van der Waals surface area (Å²) < 4.78 is 12.4. The summed E-state index contributed by atoms with van der Waals surface area (Å²) in [6.45, 7) is 0.152. The van der Waals surface area contributed by atoms with Gasteiger partial charge in [-0.3, -0.25) is 9.69 Å². The van der Waals surface area contributed by atoms with E-state index in [4.69, 9.17) is 28.1 Å². The van der Waals surface area contributed by atoms with Gasteiger partial charge in [0.25, 0.3) is 5.91 Å². The van der Waals surface area contributed by atoms with E-state index >= 15 is 0 Å². The maximum Gasteiger partial charge on any atom is 0.270 e. The largest absolute Gasteiger partial charge is 0.493 e. The van der Waals surface area contributed by atoms with Crippen molar-refractivity contribution < 1.29 is 14.3 Å². The van der Waals surface area contributed by atoms with Gasteiger partial charge in [0.1, 0.15) is 6.61 Å². The number of anilines is 1. The van der Waals surface area contributed by atoms with Crippen LogP contribution in [0.15, 0.2) is 46.2 Å². The number of benzene rings is 2. The number of thioether (sulfide) groups is 2. The topological polar surface area (TPSA) is 38.8 Å². The molecule has 2 aromatic rings. The molecule has 1 heterocycles. The van der Waals surface area contributed by atoms with Crippen molar-refractivity contribution >= 4 is 80.3 Å². The molecule has 1 amide bonds. The second kappa shape index (κ2) is 9.89. The van der Waals surface area contributed by atoms with Crippen molar-refractivity contribution in [2.24, 2.45) is 0 Å². The highest BCUT2D eigenvalue weighted by atomic mass is 127. The molecule has 1 aliphatic heterocycles. The Morgan fingerprint density at radius 1 is 1.38 bits per heavy atom. The molecular weight excluding hydrogens is 537 g/mol. The molecule has 0 N–H and O–H groups in total. The summed E-state index contributed by atoms with van der Waals surface area (Å²) >= 11 is 10.5. The molecule has 0 aliphatic carbocycles. The van der Waals surface area contributed by atoms with Crippen molar-refractivity contribution in [2.45, 2.75) is 4.90 Å². The molecular formula is C21H16INO3S3. The van der Waals surface area contributed by atoms with Crippen molar-refractivity contribution in [1.29, 1.82) is 0 Å². The zero-order chi connectivity index (χ0) is 21.0. The van der Waals surface area contributed by atoms with Crippen LogP contribution in [0.5, 0.6) is 11.5 Å². The number of hydrogen-bond donors (Lipinski definition) is 0. The minimum Gasteiger partial charge on any atom is -0.493 e. The van der Waals surface area contributed by atoms with Gasteiger partial charge in [0.2, 0.25) is 0 Å². The molecule has 8 heteroatoms. The molecule has 0 atom stereocenters. The molecule has 1 fully saturated rings. The van der Waals surface area contributed by atoms with Gasteiger partial charge in [0.05, 0.1) is 21.3 Å². The number of rotatable bonds is 6. The first-order valence-corrected chi connectivity index (χ1v) is 11.9. The molecule has 0 aromatic heterocycles. The molecule has 0 saturated carbocycles. The second-order valence-electron chi connectivity index (χ2n) is 5.75. The van der Waals surface area contributed by atoms with E-state index in [1.807, 2.05) is 48.7 Å². The molecule has 0 unspecified atom stereocenters. The van der Waals surface area contributed by atoms with E-state index in [0.29, 0.717) is 20.7 Å². The van der Waals surface area contributed by atoms with Crippen LogP contribution in [-0.2, 0) is 4.79 Å². The number of carbonyl (C=O) groups excluding carboxylic acids is 1. The molecule has 29 heavy (non-hydrogen) atoms. The fourth-order valence-electron chi connectivity index (χ4n) is 2.67. The van der Waals surface area contributed by atoms with Gasteiger partial charge >= 0.3 is 0 Å². The van der Waals surface area contributed by atoms with Crippen LogP contribution < -0.4 is 14.4 Å². The average Bonchev–Trinajstić information content (AvgIpc) is 2.99. The van der Waals surface area contributed by atoms with Gasteiger partial charge in [-0.1, -0.05) is 36.0 Å². The van der Waals surface area contributed by atoms with Crippen LogP contribution >= 0.6 is 58.3 Å².